The lowest BCUT2D eigenvalue weighted by atomic mass is 10.2. The minimum absolute atomic E-state index is 0. The summed E-state index contributed by atoms with van der Waals surface area (Å²) in [4.78, 5) is 0. The fourth-order valence-electron chi connectivity index (χ4n) is 2.19. The van der Waals surface area contributed by atoms with E-state index < -0.39 is 22.8 Å². The summed E-state index contributed by atoms with van der Waals surface area (Å²) in [7, 11) is 6.43. The largest absolute Gasteiger partial charge is 0.697 e. The number of nitrogens with one attached hydrogen (secondary N) is 1. The molecule has 1 aromatic rings. The van der Waals surface area contributed by atoms with Crippen LogP contribution in [0.4, 0.5) is 0 Å². The fraction of sp³-hybridized carbons (Fsp3) is 0.838. The van der Waals surface area contributed by atoms with Crippen molar-refractivity contribution in [3.63, 3.8) is 0 Å². The van der Waals surface area contributed by atoms with Crippen LogP contribution < -0.4 is 5.32 Å². The van der Waals surface area contributed by atoms with Crippen molar-refractivity contribution in [2.24, 2.45) is 0 Å². The fourth-order valence-corrected chi connectivity index (χ4v) is 4.14. The molecule has 0 bridgehead atoms. The van der Waals surface area contributed by atoms with E-state index in [1.54, 1.807) is 0 Å². The van der Waals surface area contributed by atoms with Gasteiger partial charge < -0.3 is 14.4 Å². The van der Waals surface area contributed by atoms with Gasteiger partial charge in [-0.15, -0.1) is 9.05 Å². The van der Waals surface area contributed by atoms with Gasteiger partial charge in [0.15, 0.2) is 6.35 Å². The zero-order valence-electron chi connectivity index (χ0n) is 22.7. The van der Waals surface area contributed by atoms with Gasteiger partial charge in [-0.3, -0.25) is 13.6 Å². The van der Waals surface area contributed by atoms with Crippen LogP contribution in [0.1, 0.15) is 170 Å². The Balaban J connectivity index is -0.0000000219. The van der Waals surface area contributed by atoms with Crippen molar-refractivity contribution < 1.29 is 40.8 Å². The van der Waals surface area contributed by atoms with Crippen LogP contribution in [0, 0.1) is 0 Å². The van der Waals surface area contributed by atoms with E-state index in [1.807, 2.05) is 32.0 Å². The van der Waals surface area contributed by atoms with Crippen LogP contribution in [-0.4, -0.2) is 46.4 Å². The van der Waals surface area contributed by atoms with E-state index in [1.165, 1.54) is 19.8 Å². The highest BCUT2D eigenvalue weighted by Gasteiger charge is 2.40. The molecular weight excluding hydrogens is 802 g/mol. The molecule has 2 rings (SSSR count). The van der Waals surface area contributed by atoms with Crippen LogP contribution in [0.2, 0.25) is 0 Å². The maximum Gasteiger partial charge on any atom is 0.697 e. The van der Waals surface area contributed by atoms with E-state index in [0.717, 1.165) is 38.6 Å². The highest BCUT2D eigenvalue weighted by molar-refractivity contribution is 7.81. The van der Waals surface area contributed by atoms with E-state index in [4.69, 9.17) is 29.3 Å². The number of halogens is 3. The Morgan fingerprint density at radius 2 is 1.23 bits per heavy atom. The summed E-state index contributed by atoms with van der Waals surface area (Å²) in [6.45, 7) is 5.17. The molecule has 4 unspecified atom stereocenters. The molecule has 16 heteroatoms. The van der Waals surface area contributed by atoms with Crippen LogP contribution in [0.25, 0.3) is 0 Å². The molecule has 1 aromatic carbocycles. The summed E-state index contributed by atoms with van der Waals surface area (Å²) in [5.74, 6) is 0. The van der Waals surface area contributed by atoms with Gasteiger partial charge in [-0.1, -0.05) is 168 Å². The smallest absolute Gasteiger partial charge is 0.310 e. The second kappa shape index (κ2) is 73.5. The standard InChI is InChI=1S/C12H18NO3P.C5H12ClO3P.C5H12O3P.15CH4.Cl2/c1-11(7-8-15-17(14)10-16-17)13-9-12-5-3-2-4-6-12;1-3-4-5-9-10(6,7)8-2;1-3-4-5-8-9(6)7-2;;;;;;;;;;;;;;;;1-2/h2-6,11,13H,7-10H2,1H3;3-5H2,1-2H3;3-5H2,1-2H3;15*1H4;/q;;+1;;;;;;;;;;;;;;;;. The Bertz CT molecular complexity index is 799. The van der Waals surface area contributed by atoms with Crippen molar-refractivity contribution in [1.82, 2.24) is 5.32 Å². The van der Waals surface area contributed by atoms with Gasteiger partial charge >= 0.3 is 22.8 Å². The van der Waals surface area contributed by atoms with Gasteiger partial charge in [-0.25, -0.2) is 4.57 Å². The quantitative estimate of drug-likeness (QED) is 0.0918. The topological polar surface area (TPSA) is 122 Å². The molecule has 1 N–H and O–H groups in total. The molecule has 1 aliphatic rings. The van der Waals surface area contributed by atoms with Crippen molar-refractivity contribution in [3.8, 4) is 0 Å². The molecular formula is C37H102Cl3NO9P3+. The normalized spacial score (nSPS) is 13.1. The highest BCUT2D eigenvalue weighted by Crippen LogP contribution is 2.63. The minimum atomic E-state index is -3.23. The van der Waals surface area contributed by atoms with E-state index in [-0.39, 0.29) is 111 Å². The Kier molecular flexibility index (Phi) is 153. The van der Waals surface area contributed by atoms with Gasteiger partial charge in [-0.2, -0.15) is 0 Å². The lowest BCUT2D eigenvalue weighted by Crippen LogP contribution is -2.26. The maximum atomic E-state index is 11.2. The molecule has 0 aromatic heterocycles. The zero-order valence-corrected chi connectivity index (χ0v) is 27.6. The molecule has 0 saturated carbocycles. The third-order valence-electron chi connectivity index (χ3n) is 4.48. The summed E-state index contributed by atoms with van der Waals surface area (Å²) in [6, 6.07) is 10.6. The van der Waals surface area contributed by atoms with Crippen molar-refractivity contribution in [1.29, 1.82) is 0 Å². The van der Waals surface area contributed by atoms with Gasteiger partial charge in [0.1, 0.15) is 6.61 Å². The predicted molar refractivity (Wildman–Crippen MR) is 256 cm³/mol. The maximum absolute atomic E-state index is 11.2. The third-order valence-corrected chi connectivity index (χ3v) is 8.06. The van der Waals surface area contributed by atoms with Gasteiger partial charge in [0.25, 0.3) is 0 Å². The molecule has 0 amide bonds. The summed E-state index contributed by atoms with van der Waals surface area (Å²) >= 11 is 5.27. The first-order valence-corrected chi connectivity index (χ1v) is 18.5. The molecule has 53 heavy (non-hydrogen) atoms. The van der Waals surface area contributed by atoms with Crippen LogP contribution in [0.3, 0.4) is 0 Å². The van der Waals surface area contributed by atoms with E-state index in [2.05, 4.69) is 55.1 Å². The van der Waals surface area contributed by atoms with Crippen LogP contribution in [-0.2, 0) is 47.4 Å². The second-order valence-corrected chi connectivity index (χ2v) is 13.4. The van der Waals surface area contributed by atoms with Crippen molar-refractivity contribution in [3.05, 3.63) is 35.9 Å². The monoisotopic (exact) mass is 903 g/mol. The van der Waals surface area contributed by atoms with Crippen LogP contribution >= 0.6 is 55.7 Å². The van der Waals surface area contributed by atoms with Crippen LogP contribution in [0.15, 0.2) is 30.3 Å². The van der Waals surface area contributed by atoms with Gasteiger partial charge in [0.05, 0.1) is 20.3 Å². The summed E-state index contributed by atoms with van der Waals surface area (Å²) < 4.78 is 60.5. The minimum Gasteiger partial charge on any atom is -0.310 e. The molecule has 0 radical (unpaired) electrons. The van der Waals surface area contributed by atoms with Gasteiger partial charge in [-0.05, 0) is 31.7 Å². The average Bonchev–Trinajstić information content (AvgIpc) is 3.67. The van der Waals surface area contributed by atoms with Crippen LogP contribution in [0.5, 0.6) is 0 Å². The highest BCUT2D eigenvalue weighted by atomic mass is 36.5. The number of unbranched alkanes of at least 4 members (excludes halogenated alkanes) is 2. The lowest BCUT2D eigenvalue weighted by Gasteiger charge is -2.13. The van der Waals surface area contributed by atoms with Crippen molar-refractivity contribution >= 4 is 55.7 Å². The number of benzene rings is 1. The first-order valence-electron chi connectivity index (χ1n) is 12.0. The molecule has 1 saturated heterocycles. The van der Waals surface area contributed by atoms with E-state index in [0.29, 0.717) is 32.2 Å². The number of hydrogen-bond acceptors (Lipinski definition) is 10. The number of rotatable bonds is 17. The Hall–Kier alpha value is 0.370. The van der Waals surface area contributed by atoms with Crippen molar-refractivity contribution in [2.75, 3.05) is 40.4 Å². The first kappa shape index (κ1) is 111. The second-order valence-electron chi connectivity index (χ2n) is 7.65. The Morgan fingerprint density at radius 3 is 1.58 bits per heavy atom. The zero-order chi connectivity index (χ0) is 29.3. The van der Waals surface area contributed by atoms with E-state index in [9.17, 15) is 13.7 Å². The third kappa shape index (κ3) is 77.6. The molecule has 1 fully saturated rings. The van der Waals surface area contributed by atoms with Gasteiger partial charge in [0, 0.05) is 57.2 Å². The molecule has 0 spiro atoms. The average molecular weight is 905 g/mol. The molecule has 4 atom stereocenters. The SMILES string of the molecule is C.C.C.C.C.C.C.C.C.C.C.C.C.C.C.CC(CCOP1(=O)CO1)NCc1ccccc1.CCCCOP(=O)(Cl)OC.CCCCO[P+](=O)OC.ClCl. The van der Waals surface area contributed by atoms with Gasteiger partial charge in [0.2, 0.25) is 0 Å². The Morgan fingerprint density at radius 1 is 0.811 bits per heavy atom. The molecule has 1 heterocycles. The lowest BCUT2D eigenvalue weighted by molar-refractivity contribution is 0.245. The number of hydrogen-bond donors (Lipinski definition) is 1. The molecule has 1 aliphatic heterocycles. The molecule has 344 valence electrons. The summed E-state index contributed by atoms with van der Waals surface area (Å²) in [5, 5.41) is 3.40. The van der Waals surface area contributed by atoms with Crippen molar-refractivity contribution in [2.45, 2.75) is 177 Å². The van der Waals surface area contributed by atoms with E-state index >= 15 is 0 Å². The Labute approximate surface area is 353 Å². The molecule has 10 nitrogen and oxygen atoms in total. The summed E-state index contributed by atoms with van der Waals surface area (Å²) in [6.07, 6.45) is 4.94. The molecule has 0 aliphatic carbocycles. The first-order chi connectivity index (χ1) is 18.1. The summed E-state index contributed by atoms with van der Waals surface area (Å²) in [5.41, 5.74) is 1.26. The predicted octanol–water partition coefficient (Wildman–Crippen LogP) is 18.6.